The van der Waals surface area contributed by atoms with Gasteiger partial charge in [0.25, 0.3) is 0 Å². The van der Waals surface area contributed by atoms with Gasteiger partial charge in [-0.2, -0.15) is 0 Å². The zero-order valence-corrected chi connectivity index (χ0v) is 12.3. The lowest BCUT2D eigenvalue weighted by Crippen LogP contribution is -2.37. The molecule has 1 aromatic carbocycles. The van der Waals surface area contributed by atoms with E-state index in [1.807, 2.05) is 31.2 Å². The maximum Gasteiger partial charge on any atom is 0.119 e. The van der Waals surface area contributed by atoms with E-state index in [9.17, 15) is 10.2 Å². The van der Waals surface area contributed by atoms with E-state index in [1.54, 1.807) is 0 Å². The van der Waals surface area contributed by atoms with Crippen LogP contribution in [-0.2, 0) is 6.42 Å². The van der Waals surface area contributed by atoms with E-state index < -0.39 is 5.60 Å². The van der Waals surface area contributed by atoms with E-state index in [1.165, 1.54) is 6.42 Å². The van der Waals surface area contributed by atoms with Gasteiger partial charge >= 0.3 is 0 Å². The van der Waals surface area contributed by atoms with Crippen molar-refractivity contribution in [1.29, 1.82) is 0 Å². The second-order valence-electron chi connectivity index (χ2n) is 5.99. The summed E-state index contributed by atoms with van der Waals surface area (Å²) >= 11 is 0. The van der Waals surface area contributed by atoms with E-state index in [0.29, 0.717) is 13.0 Å². The topological polar surface area (TPSA) is 49.7 Å². The Bertz CT molecular complexity index is 410. The first-order valence-electron chi connectivity index (χ1n) is 7.73. The quantitative estimate of drug-likeness (QED) is 0.840. The summed E-state index contributed by atoms with van der Waals surface area (Å²) in [6, 6.07) is 7.82. The third-order valence-electron chi connectivity index (χ3n) is 4.13. The number of hydrogen-bond acceptors (Lipinski definition) is 3. The van der Waals surface area contributed by atoms with Crippen LogP contribution in [0.4, 0.5) is 0 Å². The molecule has 3 nitrogen and oxygen atoms in total. The summed E-state index contributed by atoms with van der Waals surface area (Å²) in [5.41, 5.74) is 0.421. The summed E-state index contributed by atoms with van der Waals surface area (Å²) in [5.74, 6) is 0.782. The highest BCUT2D eigenvalue weighted by Crippen LogP contribution is 2.29. The number of ether oxygens (including phenoxy) is 1. The molecule has 1 aliphatic rings. The molecular formula is C17H26O3. The molecule has 2 rings (SSSR count). The molecule has 112 valence electrons. The average Bonchev–Trinajstić information content (AvgIpc) is 2.46. The summed E-state index contributed by atoms with van der Waals surface area (Å²) < 4.78 is 5.77. The minimum absolute atomic E-state index is 0.298. The highest BCUT2D eigenvalue weighted by molar-refractivity contribution is 5.29. The Labute approximate surface area is 121 Å². The molecule has 0 radical (unpaired) electrons. The van der Waals surface area contributed by atoms with Gasteiger partial charge in [0.05, 0.1) is 11.7 Å². The molecule has 0 aromatic heterocycles. The summed E-state index contributed by atoms with van der Waals surface area (Å²) in [4.78, 5) is 0. The molecule has 0 bridgehead atoms. The largest absolute Gasteiger partial charge is 0.491 e. The van der Waals surface area contributed by atoms with Crippen LogP contribution < -0.4 is 4.74 Å². The van der Waals surface area contributed by atoms with Crippen molar-refractivity contribution >= 4 is 0 Å². The fourth-order valence-electron chi connectivity index (χ4n) is 2.75. The Kier molecular flexibility index (Phi) is 5.44. The molecule has 0 unspecified atom stereocenters. The number of hydrogen-bond donors (Lipinski definition) is 2. The van der Waals surface area contributed by atoms with Crippen molar-refractivity contribution in [1.82, 2.24) is 0 Å². The van der Waals surface area contributed by atoms with Crippen molar-refractivity contribution in [2.24, 2.45) is 0 Å². The molecule has 0 amide bonds. The minimum Gasteiger partial charge on any atom is -0.491 e. The third kappa shape index (κ3) is 4.50. The van der Waals surface area contributed by atoms with Gasteiger partial charge in [0.2, 0.25) is 0 Å². The van der Waals surface area contributed by atoms with Crippen LogP contribution in [0.1, 0.15) is 51.0 Å². The molecule has 0 heterocycles. The maximum atomic E-state index is 10.4. The lowest BCUT2D eigenvalue weighted by molar-refractivity contribution is -0.0339. The second-order valence-corrected chi connectivity index (χ2v) is 5.99. The molecule has 1 saturated carbocycles. The molecule has 1 fully saturated rings. The zero-order valence-electron chi connectivity index (χ0n) is 12.3. The number of aliphatic hydroxyl groups excluding tert-OH is 1. The van der Waals surface area contributed by atoms with Gasteiger partial charge in [0.15, 0.2) is 0 Å². The Balaban J connectivity index is 1.90. The average molecular weight is 278 g/mol. The molecule has 2 N–H and O–H groups in total. The minimum atomic E-state index is -0.656. The second kappa shape index (κ2) is 7.09. The predicted molar refractivity (Wildman–Crippen MR) is 80.0 cm³/mol. The molecule has 20 heavy (non-hydrogen) atoms. The van der Waals surface area contributed by atoms with Gasteiger partial charge in [0.1, 0.15) is 12.4 Å². The first-order chi connectivity index (χ1) is 9.61. The van der Waals surface area contributed by atoms with Gasteiger partial charge < -0.3 is 14.9 Å². The van der Waals surface area contributed by atoms with E-state index in [-0.39, 0.29) is 6.10 Å². The number of rotatable bonds is 6. The molecule has 0 saturated heterocycles. The van der Waals surface area contributed by atoms with Gasteiger partial charge in [-0.25, -0.2) is 0 Å². The van der Waals surface area contributed by atoms with Crippen LogP contribution in [0.5, 0.6) is 5.75 Å². The highest BCUT2D eigenvalue weighted by atomic mass is 16.5. The van der Waals surface area contributed by atoms with Crippen molar-refractivity contribution in [3.05, 3.63) is 29.8 Å². The molecule has 0 aliphatic heterocycles. The van der Waals surface area contributed by atoms with Gasteiger partial charge in [-0.15, -0.1) is 0 Å². The smallest absolute Gasteiger partial charge is 0.119 e. The standard InChI is InChI=1S/C17H26O3/c1-2-15(18)11-14-7-6-8-16(12-14)20-13-17(19)9-4-3-5-10-17/h6-8,12,15,18-19H,2-5,9-11,13H2,1H3/t15-/m0/s1. The van der Waals surface area contributed by atoms with Gasteiger partial charge in [0, 0.05) is 0 Å². The normalized spacial score (nSPS) is 19.6. The Hall–Kier alpha value is -1.06. The van der Waals surface area contributed by atoms with Crippen LogP contribution in [0, 0.1) is 0 Å². The van der Waals surface area contributed by atoms with Crippen LogP contribution in [0.25, 0.3) is 0 Å². The van der Waals surface area contributed by atoms with E-state index >= 15 is 0 Å². The summed E-state index contributed by atoms with van der Waals surface area (Å²) in [7, 11) is 0. The molecular weight excluding hydrogens is 252 g/mol. The number of benzene rings is 1. The molecule has 3 heteroatoms. The fourth-order valence-corrected chi connectivity index (χ4v) is 2.75. The molecule has 1 aliphatic carbocycles. The Morgan fingerprint density at radius 1 is 1.25 bits per heavy atom. The lowest BCUT2D eigenvalue weighted by Gasteiger charge is -2.31. The highest BCUT2D eigenvalue weighted by Gasteiger charge is 2.29. The van der Waals surface area contributed by atoms with Crippen molar-refractivity contribution < 1.29 is 14.9 Å². The van der Waals surface area contributed by atoms with Crippen LogP contribution in [0.3, 0.4) is 0 Å². The van der Waals surface area contributed by atoms with Crippen LogP contribution in [0.2, 0.25) is 0 Å². The zero-order chi connectivity index (χ0) is 14.4. The van der Waals surface area contributed by atoms with E-state index in [2.05, 4.69) is 0 Å². The Morgan fingerprint density at radius 2 is 2.00 bits per heavy atom. The van der Waals surface area contributed by atoms with Crippen molar-refractivity contribution in [3.8, 4) is 5.75 Å². The first kappa shape index (κ1) is 15.3. The van der Waals surface area contributed by atoms with Crippen LogP contribution in [-0.4, -0.2) is 28.5 Å². The van der Waals surface area contributed by atoms with Gasteiger partial charge in [-0.3, -0.25) is 0 Å². The molecule has 1 atom stereocenters. The van der Waals surface area contributed by atoms with Crippen molar-refractivity contribution in [3.63, 3.8) is 0 Å². The SMILES string of the molecule is CC[C@H](O)Cc1cccc(OCC2(O)CCCCC2)c1. The van der Waals surface area contributed by atoms with E-state index in [0.717, 1.165) is 43.4 Å². The van der Waals surface area contributed by atoms with Crippen molar-refractivity contribution in [2.45, 2.75) is 63.6 Å². The molecule has 1 aromatic rings. The molecule has 0 spiro atoms. The third-order valence-corrected chi connectivity index (χ3v) is 4.13. The lowest BCUT2D eigenvalue weighted by atomic mass is 9.85. The first-order valence-corrected chi connectivity index (χ1v) is 7.73. The van der Waals surface area contributed by atoms with Crippen molar-refractivity contribution in [2.75, 3.05) is 6.61 Å². The maximum absolute atomic E-state index is 10.4. The Morgan fingerprint density at radius 3 is 2.70 bits per heavy atom. The summed E-state index contributed by atoms with van der Waals surface area (Å²) in [6.07, 6.45) is 6.16. The monoisotopic (exact) mass is 278 g/mol. The van der Waals surface area contributed by atoms with Gasteiger partial charge in [-0.05, 0) is 43.4 Å². The van der Waals surface area contributed by atoms with Gasteiger partial charge in [-0.1, -0.05) is 38.3 Å². The number of aliphatic hydroxyl groups is 2. The van der Waals surface area contributed by atoms with E-state index in [4.69, 9.17) is 4.74 Å². The fraction of sp³-hybridized carbons (Fsp3) is 0.647. The van der Waals surface area contributed by atoms with Crippen LogP contribution in [0.15, 0.2) is 24.3 Å². The van der Waals surface area contributed by atoms with Crippen LogP contribution >= 0.6 is 0 Å². The summed E-state index contributed by atoms with van der Waals surface area (Å²) in [6.45, 7) is 2.34. The summed E-state index contributed by atoms with van der Waals surface area (Å²) in [5, 5.41) is 20.1. The predicted octanol–water partition coefficient (Wildman–Crippen LogP) is 3.07.